The van der Waals surface area contributed by atoms with E-state index >= 15 is 0 Å². The molecule has 0 saturated carbocycles. The van der Waals surface area contributed by atoms with Crippen molar-refractivity contribution >= 4 is 28.2 Å². The fourth-order valence-corrected chi connectivity index (χ4v) is 3.29. The minimum absolute atomic E-state index is 0.562. The molecular weight excluding hydrogens is 256 g/mol. The number of aromatic nitrogens is 3. The second kappa shape index (κ2) is 4.35. The van der Waals surface area contributed by atoms with Crippen molar-refractivity contribution in [3.8, 4) is 0 Å². The molecule has 0 spiro atoms. The Hall–Kier alpha value is -1.88. The van der Waals surface area contributed by atoms with E-state index in [4.69, 9.17) is 5.73 Å². The van der Waals surface area contributed by atoms with Gasteiger partial charge in [-0.3, -0.25) is 0 Å². The molecule has 0 amide bonds. The largest absolute Gasteiger partial charge is 0.383 e. The van der Waals surface area contributed by atoms with E-state index in [1.54, 1.807) is 11.3 Å². The first kappa shape index (κ1) is 12.2. The molecule has 0 aromatic carbocycles. The molecule has 0 aliphatic heterocycles. The number of nitrogens with two attached hydrogens (primary N) is 1. The number of hydrogen-bond acceptors (Lipinski definition) is 4. The minimum atomic E-state index is 0.562. The predicted octanol–water partition coefficient (Wildman–Crippen LogP) is 3.05. The van der Waals surface area contributed by atoms with Gasteiger partial charge >= 0.3 is 0 Å². The summed E-state index contributed by atoms with van der Waals surface area (Å²) in [7, 11) is 0. The van der Waals surface area contributed by atoms with Gasteiger partial charge in [-0.25, -0.2) is 9.97 Å². The molecule has 4 nitrogen and oxygen atoms in total. The highest BCUT2D eigenvalue weighted by atomic mass is 32.1. The number of nitrogen functional groups attached to an aromatic ring is 1. The zero-order valence-corrected chi connectivity index (χ0v) is 12.1. The molecule has 3 heterocycles. The van der Waals surface area contributed by atoms with E-state index in [1.807, 2.05) is 0 Å². The van der Waals surface area contributed by atoms with Gasteiger partial charge in [0.1, 0.15) is 17.8 Å². The van der Waals surface area contributed by atoms with Gasteiger partial charge in [0, 0.05) is 10.6 Å². The molecule has 0 unspecified atom stereocenters. The van der Waals surface area contributed by atoms with Gasteiger partial charge in [0.15, 0.2) is 0 Å². The highest BCUT2D eigenvalue weighted by molar-refractivity contribution is 7.10. The van der Waals surface area contributed by atoms with Crippen molar-refractivity contribution in [1.82, 2.24) is 14.5 Å². The molecule has 0 radical (unpaired) electrons. The first-order chi connectivity index (χ1) is 9.09. The SMILES string of the molecule is Cc1ccsc1Cn1c(C)c(C)c2c(N)ncnc21. The van der Waals surface area contributed by atoms with Crippen molar-refractivity contribution in [2.24, 2.45) is 0 Å². The van der Waals surface area contributed by atoms with Gasteiger partial charge < -0.3 is 10.3 Å². The first-order valence-electron chi connectivity index (χ1n) is 6.18. The van der Waals surface area contributed by atoms with Crippen LogP contribution in [0.25, 0.3) is 11.0 Å². The van der Waals surface area contributed by atoms with Crippen LogP contribution in [0.1, 0.15) is 21.7 Å². The standard InChI is InChI=1S/C14H16N4S/c1-8-4-5-19-11(8)6-18-10(3)9(2)12-13(15)16-7-17-14(12)18/h4-5,7H,6H2,1-3H3,(H2,15,16,17). The Morgan fingerprint density at radius 1 is 1.26 bits per heavy atom. The number of nitrogens with zero attached hydrogens (tertiary/aromatic N) is 3. The zero-order valence-electron chi connectivity index (χ0n) is 11.3. The number of anilines is 1. The van der Waals surface area contributed by atoms with E-state index in [1.165, 1.54) is 28.0 Å². The molecule has 0 atom stereocenters. The van der Waals surface area contributed by atoms with Crippen molar-refractivity contribution in [2.45, 2.75) is 27.3 Å². The van der Waals surface area contributed by atoms with Crippen LogP contribution in [0.2, 0.25) is 0 Å². The number of hydrogen-bond donors (Lipinski definition) is 1. The lowest BCUT2D eigenvalue weighted by Gasteiger charge is -2.07. The van der Waals surface area contributed by atoms with Gasteiger partial charge in [0.05, 0.1) is 11.9 Å². The van der Waals surface area contributed by atoms with Gasteiger partial charge in [-0.15, -0.1) is 11.3 Å². The van der Waals surface area contributed by atoms with Crippen LogP contribution in [0.3, 0.4) is 0 Å². The number of rotatable bonds is 2. The van der Waals surface area contributed by atoms with Crippen molar-refractivity contribution in [3.05, 3.63) is 39.5 Å². The average molecular weight is 272 g/mol. The van der Waals surface area contributed by atoms with Gasteiger partial charge in [-0.1, -0.05) is 0 Å². The summed E-state index contributed by atoms with van der Waals surface area (Å²) in [5, 5.41) is 3.11. The molecule has 19 heavy (non-hydrogen) atoms. The van der Waals surface area contributed by atoms with Gasteiger partial charge in [0.2, 0.25) is 0 Å². The van der Waals surface area contributed by atoms with Gasteiger partial charge in [-0.2, -0.15) is 0 Å². The van der Waals surface area contributed by atoms with Crippen LogP contribution in [0.4, 0.5) is 5.82 Å². The number of aryl methyl sites for hydroxylation is 2. The van der Waals surface area contributed by atoms with Crippen LogP contribution in [0.5, 0.6) is 0 Å². The maximum absolute atomic E-state index is 5.98. The molecule has 0 aliphatic rings. The highest BCUT2D eigenvalue weighted by Crippen LogP contribution is 2.28. The lowest BCUT2D eigenvalue weighted by atomic mass is 10.2. The molecule has 0 aliphatic carbocycles. The zero-order chi connectivity index (χ0) is 13.6. The second-order valence-electron chi connectivity index (χ2n) is 4.78. The maximum atomic E-state index is 5.98. The van der Waals surface area contributed by atoms with Crippen molar-refractivity contribution < 1.29 is 0 Å². The lowest BCUT2D eigenvalue weighted by Crippen LogP contribution is -2.03. The fraction of sp³-hybridized carbons (Fsp3) is 0.286. The molecule has 5 heteroatoms. The highest BCUT2D eigenvalue weighted by Gasteiger charge is 2.15. The lowest BCUT2D eigenvalue weighted by molar-refractivity contribution is 0.797. The predicted molar refractivity (Wildman–Crippen MR) is 79.6 cm³/mol. The van der Waals surface area contributed by atoms with E-state index in [0.717, 1.165) is 17.6 Å². The topological polar surface area (TPSA) is 56.7 Å². The van der Waals surface area contributed by atoms with E-state index in [2.05, 4.69) is 46.8 Å². The molecular formula is C14H16N4S. The van der Waals surface area contributed by atoms with Crippen LogP contribution in [-0.4, -0.2) is 14.5 Å². The number of thiophene rings is 1. The van der Waals surface area contributed by atoms with Gasteiger partial charge in [0.25, 0.3) is 0 Å². The first-order valence-corrected chi connectivity index (χ1v) is 7.06. The third kappa shape index (κ3) is 1.81. The van der Waals surface area contributed by atoms with Crippen LogP contribution < -0.4 is 5.73 Å². The molecule has 98 valence electrons. The summed E-state index contributed by atoms with van der Waals surface area (Å²) in [6.45, 7) is 7.17. The molecule has 2 N–H and O–H groups in total. The molecule has 0 saturated heterocycles. The third-order valence-corrected chi connectivity index (χ3v) is 4.71. The Kier molecular flexibility index (Phi) is 2.78. The molecule has 3 aromatic heterocycles. The van der Waals surface area contributed by atoms with Crippen LogP contribution in [0.15, 0.2) is 17.8 Å². The van der Waals surface area contributed by atoms with Crippen LogP contribution in [0, 0.1) is 20.8 Å². The van der Waals surface area contributed by atoms with Gasteiger partial charge in [-0.05, 0) is 43.3 Å². The Morgan fingerprint density at radius 2 is 2.05 bits per heavy atom. The summed E-state index contributed by atoms with van der Waals surface area (Å²) in [6.07, 6.45) is 1.54. The summed E-state index contributed by atoms with van der Waals surface area (Å²) < 4.78 is 2.22. The van der Waals surface area contributed by atoms with E-state index in [9.17, 15) is 0 Å². The molecule has 3 rings (SSSR count). The summed E-state index contributed by atoms with van der Waals surface area (Å²) in [5.41, 5.74) is 10.6. The summed E-state index contributed by atoms with van der Waals surface area (Å²) in [4.78, 5) is 9.86. The second-order valence-corrected chi connectivity index (χ2v) is 5.78. The Balaban J connectivity index is 2.22. The Bertz CT molecular complexity index is 754. The van der Waals surface area contributed by atoms with Crippen LogP contribution >= 0.6 is 11.3 Å². The normalized spacial score (nSPS) is 11.3. The quantitative estimate of drug-likeness (QED) is 0.780. The minimum Gasteiger partial charge on any atom is -0.383 e. The van der Waals surface area contributed by atoms with Crippen molar-refractivity contribution in [1.29, 1.82) is 0 Å². The monoisotopic (exact) mass is 272 g/mol. The van der Waals surface area contributed by atoms with Crippen LogP contribution in [-0.2, 0) is 6.54 Å². The summed E-state index contributed by atoms with van der Waals surface area (Å²) in [5.74, 6) is 0.562. The average Bonchev–Trinajstić information content (AvgIpc) is 2.89. The van der Waals surface area contributed by atoms with E-state index in [0.29, 0.717) is 5.82 Å². The smallest absolute Gasteiger partial charge is 0.146 e. The van der Waals surface area contributed by atoms with E-state index in [-0.39, 0.29) is 0 Å². The third-order valence-electron chi connectivity index (χ3n) is 3.70. The summed E-state index contributed by atoms with van der Waals surface area (Å²) in [6, 6.07) is 2.15. The van der Waals surface area contributed by atoms with E-state index < -0.39 is 0 Å². The summed E-state index contributed by atoms with van der Waals surface area (Å²) >= 11 is 1.78. The number of fused-ring (bicyclic) bond motifs is 1. The van der Waals surface area contributed by atoms with Crippen molar-refractivity contribution in [3.63, 3.8) is 0 Å². The fourth-order valence-electron chi connectivity index (χ4n) is 2.40. The van der Waals surface area contributed by atoms with Crippen molar-refractivity contribution in [2.75, 3.05) is 5.73 Å². The molecule has 0 bridgehead atoms. The Labute approximate surface area is 115 Å². The molecule has 0 fully saturated rings. The molecule has 3 aromatic rings. The maximum Gasteiger partial charge on any atom is 0.146 e. The Morgan fingerprint density at radius 3 is 2.74 bits per heavy atom.